The molecule has 31 heavy (non-hydrogen) atoms. The highest BCUT2D eigenvalue weighted by atomic mass is 32.1. The summed E-state index contributed by atoms with van der Waals surface area (Å²) in [6.07, 6.45) is 2.92. The summed E-state index contributed by atoms with van der Waals surface area (Å²) in [4.78, 5) is 27.1. The van der Waals surface area contributed by atoms with E-state index in [-0.39, 0.29) is 12.4 Å². The third-order valence-corrected chi connectivity index (χ3v) is 4.56. The first-order valence-electron chi connectivity index (χ1n) is 8.90. The molecule has 3 aromatic rings. The zero-order chi connectivity index (χ0) is 22.2. The van der Waals surface area contributed by atoms with Crippen LogP contribution in [0.4, 0.5) is 13.9 Å². The lowest BCUT2D eigenvalue weighted by atomic mass is 10.1. The Hall–Kier alpha value is -3.79. The number of nitrogens with one attached hydrogen (secondary N) is 1. The molecule has 0 atom stereocenters. The third-order valence-electron chi connectivity index (χ3n) is 3.80. The molecule has 0 unspecified atom stereocenters. The Labute approximate surface area is 180 Å². The van der Waals surface area contributed by atoms with Gasteiger partial charge in [0.1, 0.15) is 11.5 Å². The van der Waals surface area contributed by atoms with E-state index in [2.05, 4.69) is 15.0 Å². The standard InChI is InChI=1S/C21H17F2N3O4S/c22-20(23)30-17-4-2-1-3-15(17)16-12-31-21(25-16)26-19(28)10-7-13-5-8-14(9-6-13)29-11-18(24)27/h1-10,12,20H,11H2,(H2,24,27)(H,25,26,28)/b10-7+. The highest BCUT2D eigenvalue weighted by Gasteiger charge is 2.14. The smallest absolute Gasteiger partial charge is 0.387 e. The minimum absolute atomic E-state index is 0.00354. The lowest BCUT2D eigenvalue weighted by molar-refractivity contribution is -0.120. The van der Waals surface area contributed by atoms with Crippen LogP contribution in [-0.2, 0) is 9.59 Å². The van der Waals surface area contributed by atoms with Gasteiger partial charge in [0.25, 0.3) is 5.91 Å². The quantitative estimate of drug-likeness (QED) is 0.486. The number of primary amides is 1. The van der Waals surface area contributed by atoms with Crippen molar-refractivity contribution < 1.29 is 27.8 Å². The number of aromatic nitrogens is 1. The number of nitrogens with zero attached hydrogens (tertiary/aromatic N) is 1. The number of anilines is 1. The Morgan fingerprint density at radius 2 is 1.90 bits per heavy atom. The minimum atomic E-state index is -2.95. The molecule has 3 rings (SSSR count). The Morgan fingerprint density at radius 3 is 2.61 bits per heavy atom. The summed E-state index contributed by atoms with van der Waals surface area (Å²) in [5.41, 5.74) is 6.56. The van der Waals surface area contributed by atoms with E-state index in [0.717, 1.165) is 16.9 Å². The molecule has 1 heterocycles. The molecular weight excluding hydrogens is 428 g/mol. The number of rotatable bonds is 9. The summed E-state index contributed by atoms with van der Waals surface area (Å²) in [5.74, 6) is -0.501. The van der Waals surface area contributed by atoms with E-state index in [0.29, 0.717) is 22.1 Å². The fourth-order valence-electron chi connectivity index (χ4n) is 2.48. The number of thiazole rings is 1. The van der Waals surface area contributed by atoms with E-state index < -0.39 is 18.4 Å². The van der Waals surface area contributed by atoms with Gasteiger partial charge in [0.05, 0.1) is 5.69 Å². The molecule has 7 nitrogen and oxygen atoms in total. The molecule has 0 aliphatic heterocycles. The molecule has 2 aromatic carbocycles. The van der Waals surface area contributed by atoms with Crippen LogP contribution in [0.1, 0.15) is 5.56 Å². The predicted molar refractivity (Wildman–Crippen MR) is 113 cm³/mol. The van der Waals surface area contributed by atoms with Crippen molar-refractivity contribution in [3.63, 3.8) is 0 Å². The molecule has 0 saturated heterocycles. The molecule has 0 fully saturated rings. The summed E-state index contributed by atoms with van der Waals surface area (Å²) in [6.45, 7) is -3.17. The van der Waals surface area contributed by atoms with Crippen LogP contribution in [0.3, 0.4) is 0 Å². The van der Waals surface area contributed by atoms with Crippen LogP contribution in [0, 0.1) is 0 Å². The molecule has 160 valence electrons. The van der Waals surface area contributed by atoms with Gasteiger partial charge in [-0.25, -0.2) is 4.98 Å². The molecule has 0 spiro atoms. The zero-order valence-corrected chi connectivity index (χ0v) is 16.8. The average molecular weight is 445 g/mol. The van der Waals surface area contributed by atoms with E-state index in [1.165, 1.54) is 12.1 Å². The monoisotopic (exact) mass is 445 g/mol. The average Bonchev–Trinajstić information content (AvgIpc) is 3.19. The number of amides is 2. The maximum Gasteiger partial charge on any atom is 0.387 e. The fourth-order valence-corrected chi connectivity index (χ4v) is 3.19. The van der Waals surface area contributed by atoms with E-state index in [9.17, 15) is 18.4 Å². The molecule has 10 heteroatoms. The van der Waals surface area contributed by atoms with Crippen LogP contribution in [0.15, 0.2) is 60.0 Å². The molecule has 1 aromatic heterocycles. The van der Waals surface area contributed by atoms with Gasteiger partial charge in [-0.1, -0.05) is 24.3 Å². The number of carbonyl (C=O) groups excluding carboxylic acids is 2. The summed E-state index contributed by atoms with van der Waals surface area (Å²) in [6, 6.07) is 13.0. The van der Waals surface area contributed by atoms with Crippen molar-refractivity contribution in [1.82, 2.24) is 4.98 Å². The van der Waals surface area contributed by atoms with Crippen LogP contribution in [0.25, 0.3) is 17.3 Å². The fraction of sp³-hybridized carbons (Fsp3) is 0.0952. The molecule has 0 saturated carbocycles. The highest BCUT2D eigenvalue weighted by Crippen LogP contribution is 2.33. The van der Waals surface area contributed by atoms with Crippen molar-refractivity contribution in [1.29, 1.82) is 0 Å². The van der Waals surface area contributed by atoms with E-state index >= 15 is 0 Å². The topological polar surface area (TPSA) is 104 Å². The zero-order valence-electron chi connectivity index (χ0n) is 16.0. The second-order valence-electron chi connectivity index (χ2n) is 6.06. The van der Waals surface area contributed by atoms with Gasteiger partial charge >= 0.3 is 6.61 Å². The lowest BCUT2D eigenvalue weighted by Crippen LogP contribution is -2.19. The van der Waals surface area contributed by atoms with Gasteiger partial charge in [-0.15, -0.1) is 11.3 Å². The van der Waals surface area contributed by atoms with Crippen molar-refractivity contribution in [3.05, 3.63) is 65.6 Å². The number of nitrogens with two attached hydrogens (primary N) is 1. The molecule has 0 aliphatic carbocycles. The van der Waals surface area contributed by atoms with Gasteiger partial charge in [0.15, 0.2) is 11.7 Å². The second kappa shape index (κ2) is 10.3. The van der Waals surface area contributed by atoms with Crippen LogP contribution >= 0.6 is 11.3 Å². The second-order valence-corrected chi connectivity index (χ2v) is 6.92. The molecule has 3 N–H and O–H groups in total. The number of carbonyl (C=O) groups is 2. The number of para-hydroxylation sites is 1. The van der Waals surface area contributed by atoms with Gasteiger partial charge in [0.2, 0.25) is 5.91 Å². The third kappa shape index (κ3) is 6.61. The van der Waals surface area contributed by atoms with Gasteiger partial charge < -0.3 is 15.2 Å². The first-order valence-corrected chi connectivity index (χ1v) is 9.78. The Bertz CT molecular complexity index is 1080. The van der Waals surface area contributed by atoms with Crippen molar-refractivity contribution in [2.75, 3.05) is 11.9 Å². The summed E-state index contributed by atoms with van der Waals surface area (Å²) in [5, 5.41) is 4.57. The summed E-state index contributed by atoms with van der Waals surface area (Å²) in [7, 11) is 0. The summed E-state index contributed by atoms with van der Waals surface area (Å²) < 4.78 is 34.8. The molecule has 0 aliphatic rings. The van der Waals surface area contributed by atoms with Crippen LogP contribution in [0.5, 0.6) is 11.5 Å². The molecule has 0 radical (unpaired) electrons. The Morgan fingerprint density at radius 1 is 1.16 bits per heavy atom. The Balaban J connectivity index is 1.61. The largest absolute Gasteiger partial charge is 0.484 e. The molecule has 0 bridgehead atoms. The number of hydrogen-bond donors (Lipinski definition) is 2. The lowest BCUT2D eigenvalue weighted by Gasteiger charge is -2.08. The summed E-state index contributed by atoms with van der Waals surface area (Å²) >= 11 is 1.16. The number of ether oxygens (including phenoxy) is 2. The normalized spacial score (nSPS) is 10.9. The predicted octanol–water partition coefficient (Wildman–Crippen LogP) is 3.93. The maximum absolute atomic E-state index is 12.6. The molecular formula is C21H17F2N3O4S. The van der Waals surface area contributed by atoms with Gasteiger partial charge in [-0.05, 0) is 35.9 Å². The van der Waals surface area contributed by atoms with Crippen molar-refractivity contribution >= 4 is 34.4 Å². The Kier molecular flexibility index (Phi) is 7.28. The minimum Gasteiger partial charge on any atom is -0.484 e. The molecule has 2 amide bonds. The number of alkyl halides is 2. The first kappa shape index (κ1) is 21.9. The van der Waals surface area contributed by atoms with Crippen molar-refractivity contribution in [3.8, 4) is 22.8 Å². The maximum atomic E-state index is 12.6. The van der Waals surface area contributed by atoms with E-state index in [1.807, 2.05) is 0 Å². The number of benzene rings is 2. The van der Waals surface area contributed by atoms with Crippen molar-refractivity contribution in [2.45, 2.75) is 6.61 Å². The van der Waals surface area contributed by atoms with Crippen molar-refractivity contribution in [2.24, 2.45) is 5.73 Å². The number of hydrogen-bond acceptors (Lipinski definition) is 6. The number of halogens is 2. The van der Waals surface area contributed by atoms with Crippen LogP contribution < -0.4 is 20.5 Å². The van der Waals surface area contributed by atoms with Gasteiger partial charge in [-0.3, -0.25) is 14.9 Å². The van der Waals surface area contributed by atoms with Crippen LogP contribution in [-0.4, -0.2) is 30.0 Å². The van der Waals surface area contributed by atoms with Crippen LogP contribution in [0.2, 0.25) is 0 Å². The SMILES string of the molecule is NC(=O)COc1ccc(/C=C/C(=O)Nc2nc(-c3ccccc3OC(F)F)cs2)cc1. The van der Waals surface area contributed by atoms with E-state index in [4.69, 9.17) is 10.5 Å². The van der Waals surface area contributed by atoms with Gasteiger partial charge in [-0.2, -0.15) is 8.78 Å². The van der Waals surface area contributed by atoms with E-state index in [1.54, 1.807) is 53.9 Å². The van der Waals surface area contributed by atoms with Gasteiger partial charge in [0, 0.05) is 17.0 Å². The highest BCUT2D eigenvalue weighted by molar-refractivity contribution is 7.14. The first-order chi connectivity index (χ1) is 14.9.